The van der Waals surface area contributed by atoms with Gasteiger partial charge < -0.3 is 29.2 Å². The highest BCUT2D eigenvalue weighted by Gasteiger charge is 2.39. The van der Waals surface area contributed by atoms with Gasteiger partial charge >= 0.3 is 0 Å². The molecule has 1 saturated heterocycles. The molecule has 0 saturated carbocycles. The van der Waals surface area contributed by atoms with Crippen LogP contribution in [0.4, 0.5) is 5.69 Å². The fourth-order valence-electron chi connectivity index (χ4n) is 6.89. The second-order valence-corrected chi connectivity index (χ2v) is 15.2. The van der Waals surface area contributed by atoms with Crippen LogP contribution < -0.4 is 19.7 Å². The van der Waals surface area contributed by atoms with Gasteiger partial charge in [0, 0.05) is 38.8 Å². The highest BCUT2D eigenvalue weighted by atomic mass is 32.2. The van der Waals surface area contributed by atoms with Crippen LogP contribution >= 0.6 is 0 Å². The molecule has 12 nitrogen and oxygen atoms in total. The Kier molecular flexibility index (Phi) is 11.4. The van der Waals surface area contributed by atoms with E-state index in [9.17, 15) is 8.42 Å². The molecule has 0 bridgehead atoms. The Morgan fingerprint density at radius 2 is 1.82 bits per heavy atom. The number of aryl methyl sites for hydroxylation is 2. The predicted molar refractivity (Wildman–Crippen MR) is 191 cm³/mol. The van der Waals surface area contributed by atoms with Crippen LogP contribution in [0.5, 0.6) is 11.5 Å². The van der Waals surface area contributed by atoms with Crippen LogP contribution in [0.3, 0.4) is 0 Å². The normalized spacial score (nSPS) is 20.5. The molecule has 1 N–H and O–H groups in total. The fourth-order valence-corrected chi connectivity index (χ4v) is 8.45. The van der Waals surface area contributed by atoms with Crippen molar-refractivity contribution in [2.24, 2.45) is 0 Å². The Bertz CT molecular complexity index is 1820. The third kappa shape index (κ3) is 8.12. The maximum atomic E-state index is 14.6. The van der Waals surface area contributed by atoms with Gasteiger partial charge in [0.2, 0.25) is 9.84 Å². The minimum absolute atomic E-state index is 0.0156. The van der Waals surface area contributed by atoms with Crippen molar-refractivity contribution >= 4 is 15.5 Å². The lowest BCUT2D eigenvalue weighted by atomic mass is 9.82. The molecule has 268 valence electrons. The van der Waals surface area contributed by atoms with E-state index >= 15 is 0 Å². The molecule has 1 fully saturated rings. The molecule has 0 spiro atoms. The molecule has 3 heterocycles. The third-order valence-corrected chi connectivity index (χ3v) is 11.5. The van der Waals surface area contributed by atoms with Gasteiger partial charge in [0.1, 0.15) is 18.1 Å². The number of hydrogen-bond donors (Lipinski definition) is 1. The summed E-state index contributed by atoms with van der Waals surface area (Å²) in [7, 11) is -0.655. The van der Waals surface area contributed by atoms with Crippen molar-refractivity contribution in [1.82, 2.24) is 25.5 Å². The minimum Gasteiger partial charge on any atom is -0.497 e. The van der Waals surface area contributed by atoms with Gasteiger partial charge in [0.15, 0.2) is 11.3 Å². The number of piperidine rings is 1. The highest BCUT2D eigenvalue weighted by Crippen LogP contribution is 2.42. The van der Waals surface area contributed by atoms with Crippen LogP contribution in [0.25, 0.3) is 0 Å². The summed E-state index contributed by atoms with van der Waals surface area (Å²) in [6.45, 7) is 8.96. The quantitative estimate of drug-likeness (QED) is 0.174. The van der Waals surface area contributed by atoms with Crippen molar-refractivity contribution in [3.63, 3.8) is 0 Å². The van der Waals surface area contributed by atoms with E-state index in [1.807, 2.05) is 68.4 Å². The van der Waals surface area contributed by atoms with Crippen molar-refractivity contribution in [2.75, 3.05) is 52.0 Å². The van der Waals surface area contributed by atoms with Crippen molar-refractivity contribution in [2.45, 2.75) is 74.5 Å². The van der Waals surface area contributed by atoms with Crippen LogP contribution in [-0.4, -0.2) is 87.8 Å². The Hall–Kier alpha value is -4.04. The van der Waals surface area contributed by atoms with Crippen LogP contribution in [-0.2, 0) is 19.3 Å². The monoisotopic (exact) mass is 704 g/mol. The average Bonchev–Trinajstić information content (AvgIpc) is 3.57. The average molecular weight is 705 g/mol. The number of benzene rings is 3. The van der Waals surface area contributed by atoms with Gasteiger partial charge in [-0.25, -0.2) is 8.42 Å². The van der Waals surface area contributed by atoms with Gasteiger partial charge in [-0.3, -0.25) is 0 Å². The molecule has 4 aromatic rings. The second kappa shape index (κ2) is 15.9. The zero-order chi connectivity index (χ0) is 35.3. The number of aromatic nitrogens is 4. The van der Waals surface area contributed by atoms with E-state index in [0.717, 1.165) is 54.1 Å². The summed E-state index contributed by atoms with van der Waals surface area (Å²) in [5.74, 6) is 2.01. The number of fused-ring (bicyclic) bond motifs is 1. The fraction of sp³-hybridized carbons (Fsp3) is 0.486. The summed E-state index contributed by atoms with van der Waals surface area (Å²) in [5.41, 5.74) is 2.19. The topological polar surface area (TPSA) is 130 Å². The zero-order valence-electron chi connectivity index (χ0n) is 29.5. The molecular weight excluding hydrogens is 657 g/mol. The molecule has 0 amide bonds. The van der Waals surface area contributed by atoms with E-state index < -0.39 is 21.4 Å². The molecule has 6 rings (SSSR count). The van der Waals surface area contributed by atoms with Crippen molar-refractivity contribution in [3.05, 3.63) is 89.2 Å². The number of nitrogens with zero attached hydrogens (tertiary/aromatic N) is 5. The SMILES string of the molecule is COCCCN1CCOc2ccc(C(O[C@H]3CN[C@@H](C[C@@H](C)n4nnc(C)n4)C[C@@H]3c3ccc(OC)cc3)S(=O)(=O)c3ccc(C)cc3)cc21. The van der Waals surface area contributed by atoms with Gasteiger partial charge in [-0.15, -0.1) is 10.2 Å². The first-order valence-corrected chi connectivity index (χ1v) is 18.8. The number of ether oxygens (including phenoxy) is 4. The van der Waals surface area contributed by atoms with E-state index in [1.54, 1.807) is 31.1 Å². The Morgan fingerprint density at radius 1 is 1.04 bits per heavy atom. The number of rotatable bonds is 14. The van der Waals surface area contributed by atoms with Crippen molar-refractivity contribution in [3.8, 4) is 11.5 Å². The summed E-state index contributed by atoms with van der Waals surface area (Å²) < 4.78 is 52.9. The Balaban J connectivity index is 1.35. The van der Waals surface area contributed by atoms with E-state index in [0.29, 0.717) is 37.7 Å². The number of hydrogen-bond acceptors (Lipinski definition) is 11. The Labute approximate surface area is 295 Å². The van der Waals surface area contributed by atoms with Crippen LogP contribution in [0.15, 0.2) is 71.6 Å². The smallest absolute Gasteiger partial charge is 0.209 e. The molecule has 13 heteroatoms. The third-order valence-electron chi connectivity index (χ3n) is 9.61. The molecule has 1 aromatic heterocycles. The molecule has 50 heavy (non-hydrogen) atoms. The molecule has 5 atom stereocenters. The lowest BCUT2D eigenvalue weighted by Gasteiger charge is -2.40. The van der Waals surface area contributed by atoms with Gasteiger partial charge in [-0.1, -0.05) is 35.9 Å². The maximum Gasteiger partial charge on any atom is 0.209 e. The zero-order valence-corrected chi connectivity index (χ0v) is 30.3. The summed E-state index contributed by atoms with van der Waals surface area (Å²) in [6.07, 6.45) is 1.87. The molecule has 0 radical (unpaired) electrons. The van der Waals surface area contributed by atoms with Crippen molar-refractivity contribution in [1.29, 1.82) is 0 Å². The van der Waals surface area contributed by atoms with E-state index in [-0.39, 0.29) is 22.9 Å². The first-order valence-electron chi connectivity index (χ1n) is 17.3. The van der Waals surface area contributed by atoms with Crippen molar-refractivity contribution < 1.29 is 27.4 Å². The Morgan fingerprint density at radius 3 is 2.52 bits per heavy atom. The van der Waals surface area contributed by atoms with Gasteiger partial charge in [0.25, 0.3) is 0 Å². The lowest BCUT2D eigenvalue weighted by molar-refractivity contribution is -0.00768. The molecule has 2 aliphatic heterocycles. The van der Waals surface area contributed by atoms with Crippen LogP contribution in [0.1, 0.15) is 66.1 Å². The highest BCUT2D eigenvalue weighted by molar-refractivity contribution is 7.91. The summed E-state index contributed by atoms with van der Waals surface area (Å²) in [5, 5.41) is 16.3. The largest absolute Gasteiger partial charge is 0.497 e. The first kappa shape index (κ1) is 35.8. The second-order valence-electron chi connectivity index (χ2n) is 13.2. The first-order chi connectivity index (χ1) is 24.2. The molecule has 3 aromatic carbocycles. The lowest BCUT2D eigenvalue weighted by Crippen LogP contribution is -2.48. The molecule has 2 aliphatic rings. The number of tetrazole rings is 1. The van der Waals surface area contributed by atoms with Crippen LogP contribution in [0, 0.1) is 13.8 Å². The predicted octanol–water partition coefficient (Wildman–Crippen LogP) is 5.19. The number of anilines is 1. The maximum absolute atomic E-state index is 14.6. The van der Waals surface area contributed by atoms with Gasteiger partial charge in [-0.2, -0.15) is 4.80 Å². The molecular formula is C37H48N6O6S. The van der Waals surface area contributed by atoms with Gasteiger partial charge in [0.05, 0.1) is 36.4 Å². The molecule has 1 unspecified atom stereocenters. The molecule has 0 aliphatic carbocycles. The minimum atomic E-state index is -3.99. The number of nitrogens with one attached hydrogen (secondary N) is 1. The van der Waals surface area contributed by atoms with E-state index in [1.165, 1.54) is 0 Å². The van der Waals surface area contributed by atoms with Gasteiger partial charge in [-0.05, 0) is 92.8 Å². The number of methoxy groups -OCH3 is 2. The van der Waals surface area contributed by atoms with Crippen LogP contribution in [0.2, 0.25) is 0 Å². The van der Waals surface area contributed by atoms with E-state index in [2.05, 4.69) is 32.6 Å². The number of sulfone groups is 1. The standard InChI is InChI=1S/C37H48N6O6S/c1-25-7-14-32(15-8-25)50(44,45)37(29-11-16-35-34(22-29)42(18-20-48-35)17-6-19-46-4)49-36-24-38-30(21-26(2)43-40-27(3)39-41-43)23-33(36)28-9-12-31(47-5)13-10-28/h7-16,22,26,30,33,36-38H,6,17-21,23-24H2,1-5H3/t26-,30+,33-,36+,37?/m1/s1. The summed E-state index contributed by atoms with van der Waals surface area (Å²) in [4.78, 5) is 4.10. The van der Waals surface area contributed by atoms with E-state index in [4.69, 9.17) is 18.9 Å². The summed E-state index contributed by atoms with van der Waals surface area (Å²) in [6, 6.07) is 20.7. The summed E-state index contributed by atoms with van der Waals surface area (Å²) >= 11 is 0.